The predicted molar refractivity (Wildman–Crippen MR) is 110 cm³/mol. The number of benzene rings is 1. The van der Waals surface area contributed by atoms with E-state index < -0.39 is 0 Å². The van der Waals surface area contributed by atoms with E-state index in [-0.39, 0.29) is 11.2 Å². The van der Waals surface area contributed by atoms with Gasteiger partial charge >= 0.3 is 5.69 Å². The van der Waals surface area contributed by atoms with Gasteiger partial charge in [-0.3, -0.25) is 14.3 Å². The molecule has 0 spiro atoms. The van der Waals surface area contributed by atoms with Crippen molar-refractivity contribution in [2.45, 2.75) is 26.9 Å². The predicted octanol–water partition coefficient (Wildman–Crippen LogP) is 1.07. The summed E-state index contributed by atoms with van der Waals surface area (Å²) in [5.41, 5.74) is 2.28. The molecule has 0 amide bonds. The van der Waals surface area contributed by atoms with Gasteiger partial charge in [0, 0.05) is 52.0 Å². The van der Waals surface area contributed by atoms with Crippen molar-refractivity contribution in [3.63, 3.8) is 0 Å². The maximum atomic E-state index is 12.4. The van der Waals surface area contributed by atoms with Gasteiger partial charge in [0.1, 0.15) is 0 Å². The molecule has 8 heteroatoms. The van der Waals surface area contributed by atoms with E-state index in [4.69, 9.17) is 0 Å². The summed E-state index contributed by atoms with van der Waals surface area (Å²) >= 11 is 0. The standard InChI is InChI=1S/C20H26N6O2/c1-4-26-18(27)16-6-5-15(11-17(16)22-20(26)28)13-24-7-9-25(10-8-24)19-21-12-14(2)23(19)3/h5-6,11-12H,4,7-10,13H2,1-3H3,(H,22,28). The van der Waals surface area contributed by atoms with Crippen LogP contribution in [0.5, 0.6) is 0 Å². The Balaban J connectivity index is 1.48. The highest BCUT2D eigenvalue weighted by molar-refractivity contribution is 5.77. The van der Waals surface area contributed by atoms with E-state index in [0.717, 1.165) is 49.9 Å². The van der Waals surface area contributed by atoms with Crippen molar-refractivity contribution in [1.82, 2.24) is 24.0 Å². The first-order valence-electron chi connectivity index (χ1n) is 9.69. The first-order valence-corrected chi connectivity index (χ1v) is 9.69. The minimum Gasteiger partial charge on any atom is -0.340 e. The highest BCUT2D eigenvalue weighted by Gasteiger charge is 2.20. The van der Waals surface area contributed by atoms with Crippen molar-refractivity contribution < 1.29 is 0 Å². The normalized spacial score (nSPS) is 15.5. The van der Waals surface area contributed by atoms with Gasteiger partial charge in [-0.05, 0) is 31.5 Å². The smallest absolute Gasteiger partial charge is 0.328 e. The zero-order valence-corrected chi connectivity index (χ0v) is 16.6. The highest BCUT2D eigenvalue weighted by atomic mass is 16.2. The molecule has 0 saturated carbocycles. The molecule has 2 aromatic heterocycles. The maximum absolute atomic E-state index is 12.4. The molecule has 3 aromatic rings. The SMILES string of the molecule is CCn1c(=O)[nH]c2cc(CN3CCN(c4ncc(C)n4C)CC3)ccc2c1=O. The van der Waals surface area contributed by atoms with Crippen LogP contribution in [0.15, 0.2) is 34.0 Å². The first-order chi connectivity index (χ1) is 13.5. The minimum atomic E-state index is -0.351. The molecular formula is C20H26N6O2. The molecule has 4 rings (SSSR count). The van der Waals surface area contributed by atoms with Crippen LogP contribution >= 0.6 is 0 Å². The Morgan fingerprint density at radius 3 is 2.54 bits per heavy atom. The van der Waals surface area contributed by atoms with E-state index in [1.807, 2.05) is 31.4 Å². The average Bonchev–Trinajstić information content (AvgIpc) is 3.01. The van der Waals surface area contributed by atoms with Crippen molar-refractivity contribution in [1.29, 1.82) is 0 Å². The third-order valence-electron chi connectivity index (χ3n) is 5.62. The fraction of sp³-hybridized carbons (Fsp3) is 0.450. The summed E-state index contributed by atoms with van der Waals surface area (Å²) < 4.78 is 3.35. The Labute approximate surface area is 163 Å². The molecule has 1 aliphatic rings. The average molecular weight is 382 g/mol. The van der Waals surface area contributed by atoms with Gasteiger partial charge in [-0.2, -0.15) is 0 Å². The van der Waals surface area contributed by atoms with Crippen LogP contribution in [0.3, 0.4) is 0 Å². The number of anilines is 1. The molecule has 8 nitrogen and oxygen atoms in total. The molecule has 148 valence electrons. The molecule has 28 heavy (non-hydrogen) atoms. The van der Waals surface area contributed by atoms with E-state index in [1.165, 1.54) is 4.57 Å². The van der Waals surface area contributed by atoms with Crippen molar-refractivity contribution in [2.75, 3.05) is 31.1 Å². The number of rotatable bonds is 4. The monoisotopic (exact) mass is 382 g/mol. The van der Waals surface area contributed by atoms with Gasteiger partial charge in [0.15, 0.2) is 0 Å². The molecule has 0 aliphatic carbocycles. The fourth-order valence-corrected chi connectivity index (χ4v) is 3.83. The summed E-state index contributed by atoms with van der Waals surface area (Å²) in [6.45, 7) is 8.75. The Morgan fingerprint density at radius 2 is 1.89 bits per heavy atom. The minimum absolute atomic E-state index is 0.230. The largest absolute Gasteiger partial charge is 0.340 e. The zero-order chi connectivity index (χ0) is 19.8. The van der Waals surface area contributed by atoms with Gasteiger partial charge < -0.3 is 14.5 Å². The topological polar surface area (TPSA) is 79.2 Å². The lowest BCUT2D eigenvalue weighted by Crippen LogP contribution is -2.46. The molecule has 0 radical (unpaired) electrons. The number of aromatic nitrogens is 4. The maximum Gasteiger partial charge on any atom is 0.328 e. The lowest BCUT2D eigenvalue weighted by molar-refractivity contribution is 0.248. The van der Waals surface area contributed by atoms with Gasteiger partial charge in [-0.15, -0.1) is 0 Å². The number of H-pyrrole nitrogens is 1. The van der Waals surface area contributed by atoms with E-state index in [2.05, 4.69) is 31.3 Å². The van der Waals surface area contributed by atoms with E-state index in [1.54, 1.807) is 6.92 Å². The number of piperazine rings is 1. The lowest BCUT2D eigenvalue weighted by Gasteiger charge is -2.35. The van der Waals surface area contributed by atoms with Gasteiger partial charge in [0.2, 0.25) is 5.95 Å². The number of nitrogens with one attached hydrogen (secondary N) is 1. The van der Waals surface area contributed by atoms with Gasteiger partial charge in [-0.25, -0.2) is 9.78 Å². The van der Waals surface area contributed by atoms with Crippen LogP contribution in [0.4, 0.5) is 5.95 Å². The van der Waals surface area contributed by atoms with Crippen molar-refractivity contribution >= 4 is 16.9 Å². The molecule has 1 fully saturated rings. The number of aromatic amines is 1. The van der Waals surface area contributed by atoms with Crippen LogP contribution in [0, 0.1) is 6.92 Å². The molecule has 1 N–H and O–H groups in total. The molecule has 1 aliphatic heterocycles. The number of hydrogen-bond acceptors (Lipinski definition) is 5. The summed E-state index contributed by atoms with van der Waals surface area (Å²) in [5, 5.41) is 0.556. The zero-order valence-electron chi connectivity index (χ0n) is 16.6. The van der Waals surface area contributed by atoms with Crippen molar-refractivity contribution in [2.24, 2.45) is 7.05 Å². The van der Waals surface area contributed by atoms with Crippen LogP contribution in [0.25, 0.3) is 10.9 Å². The second-order valence-corrected chi connectivity index (χ2v) is 7.38. The number of imidazole rings is 1. The van der Waals surface area contributed by atoms with Gasteiger partial charge in [-0.1, -0.05) is 6.07 Å². The Bertz CT molecular complexity index is 1120. The third-order valence-corrected chi connectivity index (χ3v) is 5.62. The number of hydrogen-bond donors (Lipinski definition) is 1. The van der Waals surface area contributed by atoms with Crippen LogP contribution in [-0.4, -0.2) is 50.2 Å². The quantitative estimate of drug-likeness (QED) is 0.730. The molecule has 0 atom stereocenters. The van der Waals surface area contributed by atoms with Gasteiger partial charge in [0.05, 0.1) is 17.1 Å². The van der Waals surface area contributed by atoms with E-state index in [0.29, 0.717) is 17.4 Å². The molecule has 1 saturated heterocycles. The van der Waals surface area contributed by atoms with Crippen molar-refractivity contribution in [3.8, 4) is 0 Å². The van der Waals surface area contributed by atoms with Crippen LogP contribution in [0.2, 0.25) is 0 Å². The molecule has 0 unspecified atom stereocenters. The second-order valence-electron chi connectivity index (χ2n) is 7.38. The summed E-state index contributed by atoms with van der Waals surface area (Å²) in [4.78, 5) is 36.5. The fourth-order valence-electron chi connectivity index (χ4n) is 3.83. The molecule has 3 heterocycles. The summed E-state index contributed by atoms with van der Waals surface area (Å²) in [6, 6.07) is 5.73. The second kappa shape index (κ2) is 7.27. The highest BCUT2D eigenvalue weighted by Crippen LogP contribution is 2.17. The van der Waals surface area contributed by atoms with Crippen LogP contribution < -0.4 is 16.1 Å². The summed E-state index contributed by atoms with van der Waals surface area (Å²) in [5.74, 6) is 1.02. The molecular weight excluding hydrogens is 356 g/mol. The van der Waals surface area contributed by atoms with Crippen LogP contribution in [0.1, 0.15) is 18.2 Å². The number of nitrogens with zero attached hydrogens (tertiary/aromatic N) is 5. The summed E-state index contributed by atoms with van der Waals surface area (Å²) in [6.07, 6.45) is 1.91. The van der Waals surface area contributed by atoms with Gasteiger partial charge in [0.25, 0.3) is 5.56 Å². The van der Waals surface area contributed by atoms with E-state index in [9.17, 15) is 9.59 Å². The number of fused-ring (bicyclic) bond motifs is 1. The Morgan fingerprint density at radius 1 is 1.14 bits per heavy atom. The van der Waals surface area contributed by atoms with Crippen LogP contribution in [-0.2, 0) is 20.1 Å². The number of aryl methyl sites for hydroxylation is 1. The Kier molecular flexibility index (Phi) is 4.80. The first kappa shape index (κ1) is 18.5. The lowest BCUT2D eigenvalue weighted by atomic mass is 10.1. The Hall–Kier alpha value is -2.87. The summed E-state index contributed by atoms with van der Waals surface area (Å²) in [7, 11) is 2.05. The van der Waals surface area contributed by atoms with Crippen molar-refractivity contribution in [3.05, 3.63) is 56.5 Å². The van der Waals surface area contributed by atoms with E-state index >= 15 is 0 Å². The third kappa shape index (κ3) is 3.24. The molecule has 1 aromatic carbocycles. The molecule has 0 bridgehead atoms.